The molecule has 0 unspecified atom stereocenters. The normalized spacial score (nSPS) is 13.9. The molecule has 1 aliphatic rings. The summed E-state index contributed by atoms with van der Waals surface area (Å²) in [5.74, 6) is 0. The fourth-order valence-corrected chi connectivity index (χ4v) is 5.05. The minimum Gasteiger partial charge on any atom is -0.455 e. The van der Waals surface area contributed by atoms with Crippen LogP contribution in [-0.2, 0) is 5.41 Å². The Hall–Kier alpha value is -3.92. The van der Waals surface area contributed by atoms with Crippen molar-refractivity contribution < 1.29 is 4.42 Å². The maximum absolute atomic E-state index is 10.8. The molecule has 150 valence electrons. The number of nitrogens with one attached hydrogen (secondary N) is 1. The van der Waals surface area contributed by atoms with Gasteiger partial charge in [0.2, 0.25) is 0 Å². The summed E-state index contributed by atoms with van der Waals surface area (Å²) in [7, 11) is 0. The van der Waals surface area contributed by atoms with Crippen LogP contribution in [0.1, 0.15) is 25.0 Å². The molecule has 4 aromatic carbocycles. The molecule has 4 nitrogen and oxygen atoms in total. The van der Waals surface area contributed by atoms with Gasteiger partial charge in [0.15, 0.2) is 0 Å². The van der Waals surface area contributed by atoms with Gasteiger partial charge in [-0.15, -0.1) is 4.91 Å². The fourth-order valence-electron chi connectivity index (χ4n) is 5.05. The molecule has 1 N–H and O–H groups in total. The van der Waals surface area contributed by atoms with Crippen molar-refractivity contribution in [2.24, 2.45) is 5.29 Å². The molecule has 0 bridgehead atoms. The predicted molar refractivity (Wildman–Crippen MR) is 126 cm³/mol. The molecular weight excluding hydrogens is 384 g/mol. The zero-order chi connectivity index (χ0) is 21.2. The average molecular weight is 404 g/mol. The van der Waals surface area contributed by atoms with Crippen molar-refractivity contribution in [1.82, 2.24) is 0 Å². The zero-order valence-corrected chi connectivity index (χ0v) is 17.3. The molecule has 4 heteroatoms. The summed E-state index contributed by atoms with van der Waals surface area (Å²) >= 11 is 0. The van der Waals surface area contributed by atoms with E-state index in [1.165, 1.54) is 22.3 Å². The topological polar surface area (TPSA) is 54.6 Å². The van der Waals surface area contributed by atoms with Crippen molar-refractivity contribution >= 4 is 27.6 Å². The van der Waals surface area contributed by atoms with E-state index in [1.54, 1.807) is 0 Å². The standard InChI is InChI=1S/C27H20N2O2/c1-27(2)21-14-13-19-18-8-4-6-10-24(18)31-26(19)25(21)20-12-11-16(15-22(20)27)17-7-3-5-9-23(17)28-29-30/h3-15H,1-2H3,(H,28,30). The molecule has 0 fully saturated rings. The van der Waals surface area contributed by atoms with E-state index in [1.807, 2.05) is 42.5 Å². The largest absolute Gasteiger partial charge is 0.455 e. The van der Waals surface area contributed by atoms with E-state index < -0.39 is 0 Å². The molecule has 1 heterocycles. The van der Waals surface area contributed by atoms with Crippen LogP contribution in [0.3, 0.4) is 0 Å². The molecule has 0 radical (unpaired) electrons. The first-order valence-electron chi connectivity index (χ1n) is 10.4. The first kappa shape index (κ1) is 17.9. The van der Waals surface area contributed by atoms with Crippen LogP contribution in [-0.4, -0.2) is 0 Å². The highest BCUT2D eigenvalue weighted by Crippen LogP contribution is 2.53. The second-order valence-electron chi connectivity index (χ2n) is 8.60. The summed E-state index contributed by atoms with van der Waals surface area (Å²) in [5, 5.41) is 5.16. The van der Waals surface area contributed by atoms with Crippen LogP contribution < -0.4 is 5.43 Å². The van der Waals surface area contributed by atoms with Crippen LogP contribution in [0, 0.1) is 4.91 Å². The SMILES string of the molecule is CC1(C)c2cc(-c3ccccc3NN=O)ccc2-c2c1ccc1c2oc2ccccc21. The number of nitrogens with zero attached hydrogens (tertiary/aromatic N) is 1. The van der Waals surface area contributed by atoms with Crippen LogP contribution in [0.5, 0.6) is 0 Å². The molecule has 0 spiro atoms. The number of rotatable bonds is 3. The smallest absolute Gasteiger partial charge is 0.143 e. The van der Waals surface area contributed by atoms with Crippen molar-refractivity contribution in [3.05, 3.63) is 94.9 Å². The lowest BCUT2D eigenvalue weighted by molar-refractivity contribution is 0.653. The lowest BCUT2D eigenvalue weighted by Gasteiger charge is -2.22. The maximum atomic E-state index is 10.8. The van der Waals surface area contributed by atoms with Crippen molar-refractivity contribution in [1.29, 1.82) is 0 Å². The molecule has 1 aliphatic carbocycles. The first-order chi connectivity index (χ1) is 15.1. The van der Waals surface area contributed by atoms with E-state index in [-0.39, 0.29) is 5.41 Å². The molecule has 0 saturated carbocycles. The highest BCUT2D eigenvalue weighted by atomic mass is 16.3. The van der Waals surface area contributed by atoms with E-state index in [9.17, 15) is 4.91 Å². The first-order valence-corrected chi connectivity index (χ1v) is 10.4. The van der Waals surface area contributed by atoms with Gasteiger partial charge in [-0.3, -0.25) is 0 Å². The van der Waals surface area contributed by atoms with Gasteiger partial charge >= 0.3 is 0 Å². The van der Waals surface area contributed by atoms with Gasteiger partial charge < -0.3 is 4.42 Å². The quantitative estimate of drug-likeness (QED) is 0.248. The van der Waals surface area contributed by atoms with E-state index in [0.29, 0.717) is 5.69 Å². The summed E-state index contributed by atoms with van der Waals surface area (Å²) < 4.78 is 6.35. The summed E-state index contributed by atoms with van der Waals surface area (Å²) in [6, 6.07) is 26.9. The van der Waals surface area contributed by atoms with Gasteiger partial charge in [-0.1, -0.05) is 74.5 Å². The minimum atomic E-state index is -0.168. The molecule has 6 rings (SSSR count). The highest BCUT2D eigenvalue weighted by molar-refractivity contribution is 6.11. The monoisotopic (exact) mass is 404 g/mol. The second kappa shape index (κ2) is 6.29. The van der Waals surface area contributed by atoms with Crippen LogP contribution in [0.2, 0.25) is 0 Å². The number of nitroso groups, excluding NO2 is 1. The zero-order valence-electron chi connectivity index (χ0n) is 17.3. The third-order valence-electron chi connectivity index (χ3n) is 6.59. The van der Waals surface area contributed by atoms with Gasteiger partial charge in [-0.05, 0) is 40.5 Å². The second-order valence-corrected chi connectivity index (χ2v) is 8.60. The van der Waals surface area contributed by atoms with E-state index in [2.05, 4.69) is 61.0 Å². The van der Waals surface area contributed by atoms with Gasteiger partial charge in [0.1, 0.15) is 11.2 Å². The Morgan fingerprint density at radius 3 is 2.48 bits per heavy atom. The third kappa shape index (κ3) is 2.42. The number of hydrogen-bond donors (Lipinski definition) is 1. The Balaban J connectivity index is 1.62. The number of furan rings is 1. The molecule has 0 atom stereocenters. The van der Waals surface area contributed by atoms with Crippen molar-refractivity contribution in [3.63, 3.8) is 0 Å². The Kier molecular flexibility index (Phi) is 3.63. The van der Waals surface area contributed by atoms with Gasteiger partial charge in [0, 0.05) is 27.3 Å². The van der Waals surface area contributed by atoms with Gasteiger partial charge in [-0.25, -0.2) is 5.43 Å². The van der Waals surface area contributed by atoms with Crippen LogP contribution >= 0.6 is 0 Å². The number of benzene rings is 4. The molecule has 0 aliphatic heterocycles. The molecule has 0 amide bonds. The van der Waals surface area contributed by atoms with Crippen LogP contribution in [0.15, 0.2) is 88.6 Å². The van der Waals surface area contributed by atoms with E-state index >= 15 is 0 Å². The Labute approximate surface area is 179 Å². The average Bonchev–Trinajstić information content (AvgIpc) is 3.27. The van der Waals surface area contributed by atoms with Crippen molar-refractivity contribution in [2.75, 3.05) is 5.43 Å². The Morgan fingerprint density at radius 2 is 1.61 bits per heavy atom. The van der Waals surface area contributed by atoms with E-state index in [0.717, 1.165) is 33.1 Å². The lowest BCUT2D eigenvalue weighted by atomic mass is 9.81. The van der Waals surface area contributed by atoms with E-state index in [4.69, 9.17) is 4.42 Å². The molecule has 0 saturated heterocycles. The lowest BCUT2D eigenvalue weighted by Crippen LogP contribution is -2.15. The number of para-hydroxylation sites is 2. The Bertz CT molecular complexity index is 1510. The number of anilines is 1. The van der Waals surface area contributed by atoms with Crippen LogP contribution in [0.4, 0.5) is 5.69 Å². The maximum Gasteiger partial charge on any atom is 0.143 e. The van der Waals surface area contributed by atoms with Gasteiger partial charge in [-0.2, -0.15) is 0 Å². The summed E-state index contributed by atoms with van der Waals surface area (Å²) in [4.78, 5) is 10.8. The number of hydrogen-bond acceptors (Lipinski definition) is 3. The molecule has 31 heavy (non-hydrogen) atoms. The van der Waals surface area contributed by atoms with Gasteiger partial charge in [0.05, 0.1) is 11.0 Å². The molecular formula is C27H20N2O2. The Morgan fingerprint density at radius 1 is 0.806 bits per heavy atom. The minimum absolute atomic E-state index is 0.168. The molecule has 1 aromatic heterocycles. The van der Waals surface area contributed by atoms with Crippen molar-refractivity contribution in [3.8, 4) is 22.3 Å². The predicted octanol–water partition coefficient (Wildman–Crippen LogP) is 7.65. The van der Waals surface area contributed by atoms with Crippen molar-refractivity contribution in [2.45, 2.75) is 19.3 Å². The van der Waals surface area contributed by atoms with Gasteiger partial charge in [0.25, 0.3) is 0 Å². The number of fused-ring (bicyclic) bond motifs is 7. The van der Waals surface area contributed by atoms with Crippen LogP contribution in [0.25, 0.3) is 44.2 Å². The molecule has 5 aromatic rings. The summed E-state index contributed by atoms with van der Waals surface area (Å²) in [6.45, 7) is 4.51. The summed E-state index contributed by atoms with van der Waals surface area (Å²) in [6.07, 6.45) is 0. The third-order valence-corrected chi connectivity index (χ3v) is 6.59. The highest BCUT2D eigenvalue weighted by Gasteiger charge is 2.38. The summed E-state index contributed by atoms with van der Waals surface area (Å²) in [5.41, 5.74) is 11.9. The fraction of sp³-hybridized carbons (Fsp3) is 0.111.